The molecule has 0 bridgehead atoms. The Morgan fingerprint density at radius 2 is 1.92 bits per heavy atom. The maximum Gasteiger partial charge on any atom is 0.0568 e. The van der Waals surface area contributed by atoms with Gasteiger partial charge in [-0.15, -0.1) is 0 Å². The van der Waals surface area contributed by atoms with Gasteiger partial charge in [-0.25, -0.2) is 0 Å². The van der Waals surface area contributed by atoms with E-state index in [0.717, 1.165) is 12.5 Å². The highest BCUT2D eigenvalue weighted by Crippen LogP contribution is 2.40. The fraction of sp³-hybridized carbons (Fsp3) is 1.00. The summed E-state index contributed by atoms with van der Waals surface area (Å²) >= 11 is 0. The normalized spacial score (nSPS) is 37.6. The van der Waals surface area contributed by atoms with Gasteiger partial charge in [0, 0.05) is 6.61 Å². The minimum atomic E-state index is 0.00972. The fourth-order valence-electron chi connectivity index (χ4n) is 3.22. The van der Waals surface area contributed by atoms with Gasteiger partial charge in [0.2, 0.25) is 0 Å². The summed E-state index contributed by atoms with van der Waals surface area (Å²) in [6.45, 7) is 3.50. The minimum absolute atomic E-state index is 0.00972. The van der Waals surface area contributed by atoms with E-state index in [4.69, 9.17) is 4.74 Å². The van der Waals surface area contributed by atoms with Gasteiger partial charge in [-0.1, -0.05) is 19.4 Å². The van der Waals surface area contributed by atoms with Crippen LogP contribution in [0.5, 0.6) is 0 Å². The van der Waals surface area contributed by atoms with Crippen LogP contribution in [0.3, 0.4) is 0 Å². The summed E-state index contributed by atoms with van der Waals surface area (Å²) in [5.41, 5.74) is 0. The first-order valence-corrected chi connectivity index (χ1v) is 8.13. The van der Waals surface area contributed by atoms with Crippen molar-refractivity contribution in [2.75, 3.05) is 6.61 Å². The number of hydrogen-bond donors (Lipinski definition) is 0. The highest BCUT2D eigenvalue weighted by atomic mass is 28.2. The predicted molar refractivity (Wildman–Crippen MR) is 58.9 cm³/mol. The molecule has 1 aliphatic heterocycles. The monoisotopic (exact) mass is 198 g/mol. The lowest BCUT2D eigenvalue weighted by Crippen LogP contribution is -2.47. The zero-order valence-electron chi connectivity index (χ0n) is 8.85. The van der Waals surface area contributed by atoms with E-state index >= 15 is 0 Å². The molecule has 1 heterocycles. The van der Waals surface area contributed by atoms with Gasteiger partial charge < -0.3 is 4.74 Å². The molecular formula is C11H22OSi. The molecule has 1 atom stereocenters. The quantitative estimate of drug-likeness (QED) is 0.619. The molecule has 2 rings (SSSR count). The van der Waals surface area contributed by atoms with Crippen LogP contribution in [0.2, 0.25) is 6.55 Å². The number of ether oxygens (including phenoxy) is 1. The molecule has 1 unspecified atom stereocenters. The molecule has 0 aromatic rings. The standard InChI is InChI=1S/C11H22OSi/c1-13-11(8-4-5-9-12-11)10-6-2-3-7-10/h10H,2-9,13H2,1H3. The molecule has 1 saturated heterocycles. The molecule has 2 fully saturated rings. The van der Waals surface area contributed by atoms with Crippen molar-refractivity contribution in [2.24, 2.45) is 5.92 Å². The fourth-order valence-corrected chi connectivity index (χ4v) is 5.15. The van der Waals surface area contributed by atoms with Crippen molar-refractivity contribution < 1.29 is 4.74 Å². The average molecular weight is 198 g/mol. The summed E-state index contributed by atoms with van der Waals surface area (Å²) < 4.78 is 6.16. The summed E-state index contributed by atoms with van der Waals surface area (Å²) in [6.07, 6.45) is 9.97. The van der Waals surface area contributed by atoms with Crippen LogP contribution in [0.25, 0.3) is 0 Å². The minimum Gasteiger partial charge on any atom is -0.379 e. The molecule has 0 amide bonds. The second-order valence-electron chi connectivity index (χ2n) is 4.71. The number of hydrogen-bond acceptors (Lipinski definition) is 1. The average Bonchev–Trinajstić information content (AvgIpc) is 2.72. The molecule has 76 valence electrons. The second kappa shape index (κ2) is 4.14. The van der Waals surface area contributed by atoms with E-state index in [-0.39, 0.29) is 9.52 Å². The van der Waals surface area contributed by atoms with Crippen molar-refractivity contribution in [1.82, 2.24) is 0 Å². The van der Waals surface area contributed by atoms with E-state index in [1.165, 1.54) is 44.9 Å². The zero-order chi connectivity index (χ0) is 9.15. The molecule has 2 aliphatic rings. The Morgan fingerprint density at radius 3 is 2.46 bits per heavy atom. The van der Waals surface area contributed by atoms with Gasteiger partial charge in [0.25, 0.3) is 0 Å². The van der Waals surface area contributed by atoms with Crippen molar-refractivity contribution in [3.8, 4) is 0 Å². The van der Waals surface area contributed by atoms with E-state index < -0.39 is 0 Å². The van der Waals surface area contributed by atoms with E-state index in [2.05, 4.69) is 6.55 Å². The Morgan fingerprint density at radius 1 is 1.15 bits per heavy atom. The third kappa shape index (κ3) is 1.84. The summed E-state index contributed by atoms with van der Waals surface area (Å²) in [4.78, 5) is 0. The molecule has 0 radical (unpaired) electrons. The maximum atomic E-state index is 6.16. The summed E-state index contributed by atoms with van der Waals surface area (Å²) in [7, 11) is 0.00972. The highest BCUT2D eigenvalue weighted by molar-refractivity contribution is 6.38. The molecule has 1 aliphatic carbocycles. The first-order chi connectivity index (χ1) is 6.37. The molecule has 1 saturated carbocycles. The molecule has 1 nitrogen and oxygen atoms in total. The molecule has 2 heteroatoms. The molecule has 0 aromatic carbocycles. The molecule has 0 N–H and O–H groups in total. The van der Waals surface area contributed by atoms with Crippen LogP contribution in [0.4, 0.5) is 0 Å². The van der Waals surface area contributed by atoms with Gasteiger partial charge in [0.15, 0.2) is 0 Å². The molecular weight excluding hydrogens is 176 g/mol. The Labute approximate surface area is 84.1 Å². The van der Waals surface area contributed by atoms with Crippen LogP contribution in [0.15, 0.2) is 0 Å². The first-order valence-electron chi connectivity index (χ1n) is 6.01. The van der Waals surface area contributed by atoms with E-state index in [1.54, 1.807) is 0 Å². The van der Waals surface area contributed by atoms with Gasteiger partial charge in [0.05, 0.1) is 14.7 Å². The van der Waals surface area contributed by atoms with Crippen molar-refractivity contribution in [3.05, 3.63) is 0 Å². The number of rotatable bonds is 2. The summed E-state index contributed by atoms with van der Waals surface area (Å²) in [5.74, 6) is 0.949. The summed E-state index contributed by atoms with van der Waals surface area (Å²) in [6, 6.07) is 0. The topological polar surface area (TPSA) is 9.23 Å². The lowest BCUT2D eigenvalue weighted by molar-refractivity contribution is -0.0563. The van der Waals surface area contributed by atoms with Crippen LogP contribution < -0.4 is 0 Å². The predicted octanol–water partition coefficient (Wildman–Crippen LogP) is 2.29. The third-order valence-corrected chi connectivity index (χ3v) is 6.41. The van der Waals surface area contributed by atoms with Crippen molar-refractivity contribution in [1.29, 1.82) is 0 Å². The van der Waals surface area contributed by atoms with Crippen LogP contribution in [0, 0.1) is 5.92 Å². The smallest absolute Gasteiger partial charge is 0.0568 e. The lowest BCUT2D eigenvalue weighted by atomic mass is 9.93. The van der Waals surface area contributed by atoms with Crippen LogP contribution >= 0.6 is 0 Å². The SMILES string of the molecule is C[SiH2]C1(C2CCCC2)CCCCO1. The van der Waals surface area contributed by atoms with Gasteiger partial charge in [0.1, 0.15) is 0 Å². The largest absolute Gasteiger partial charge is 0.379 e. The zero-order valence-corrected chi connectivity index (χ0v) is 10.3. The van der Waals surface area contributed by atoms with Crippen molar-refractivity contribution >= 4 is 9.52 Å². The van der Waals surface area contributed by atoms with Crippen molar-refractivity contribution in [2.45, 2.75) is 56.7 Å². The first kappa shape index (κ1) is 9.72. The maximum absolute atomic E-state index is 6.16. The summed E-state index contributed by atoms with van der Waals surface area (Å²) in [5, 5.41) is 0.439. The lowest BCUT2D eigenvalue weighted by Gasteiger charge is -2.41. The second-order valence-corrected chi connectivity index (χ2v) is 6.61. The van der Waals surface area contributed by atoms with Gasteiger partial charge >= 0.3 is 0 Å². The van der Waals surface area contributed by atoms with Crippen LogP contribution in [-0.2, 0) is 4.74 Å². The van der Waals surface area contributed by atoms with Crippen LogP contribution in [-0.4, -0.2) is 21.4 Å². The Hall–Kier alpha value is 0.177. The Bertz CT molecular complexity index is 157. The molecule has 0 spiro atoms. The highest BCUT2D eigenvalue weighted by Gasteiger charge is 2.40. The molecule has 0 aromatic heterocycles. The van der Waals surface area contributed by atoms with E-state index in [0.29, 0.717) is 5.22 Å². The van der Waals surface area contributed by atoms with Gasteiger partial charge in [-0.05, 0) is 38.0 Å². The third-order valence-electron chi connectivity index (χ3n) is 4.08. The van der Waals surface area contributed by atoms with Gasteiger partial charge in [-0.2, -0.15) is 0 Å². The van der Waals surface area contributed by atoms with E-state index in [9.17, 15) is 0 Å². The molecule has 13 heavy (non-hydrogen) atoms. The van der Waals surface area contributed by atoms with Gasteiger partial charge in [-0.3, -0.25) is 0 Å². The van der Waals surface area contributed by atoms with Crippen molar-refractivity contribution in [3.63, 3.8) is 0 Å². The van der Waals surface area contributed by atoms with E-state index in [1.807, 2.05) is 0 Å². The van der Waals surface area contributed by atoms with Crippen LogP contribution in [0.1, 0.15) is 44.9 Å². The Kier molecular flexibility index (Phi) is 3.09. The Balaban J connectivity index is 2.03.